The molecule has 7 nitrogen and oxygen atoms in total. The average Bonchev–Trinajstić information content (AvgIpc) is 2.72. The molecule has 3 rings (SSSR count). The quantitative estimate of drug-likeness (QED) is 0.707. The Morgan fingerprint density at radius 2 is 1.90 bits per heavy atom. The van der Waals surface area contributed by atoms with Gasteiger partial charge in [-0.2, -0.15) is 0 Å². The summed E-state index contributed by atoms with van der Waals surface area (Å²) < 4.78 is 11.1. The minimum Gasteiger partial charge on any atom is -0.487 e. The van der Waals surface area contributed by atoms with Crippen molar-refractivity contribution in [2.24, 2.45) is 0 Å². The summed E-state index contributed by atoms with van der Waals surface area (Å²) in [5, 5.41) is 2.86. The lowest BCUT2D eigenvalue weighted by molar-refractivity contribution is 0.0452. The fourth-order valence-electron chi connectivity index (χ4n) is 3.48. The molecule has 0 spiro atoms. The second-order valence-electron chi connectivity index (χ2n) is 8.76. The van der Waals surface area contributed by atoms with E-state index in [0.717, 1.165) is 18.4 Å². The summed E-state index contributed by atoms with van der Waals surface area (Å²) in [5.41, 5.74) is 7.54. The van der Waals surface area contributed by atoms with Gasteiger partial charge < -0.3 is 25.4 Å². The van der Waals surface area contributed by atoms with Crippen molar-refractivity contribution in [1.29, 1.82) is 0 Å². The van der Waals surface area contributed by atoms with Crippen molar-refractivity contribution >= 4 is 17.7 Å². The molecule has 0 radical (unpaired) electrons. The second-order valence-corrected chi connectivity index (χ2v) is 8.76. The lowest BCUT2D eigenvalue weighted by atomic mass is 10.0. The van der Waals surface area contributed by atoms with Crippen LogP contribution >= 0.6 is 0 Å². The summed E-state index contributed by atoms with van der Waals surface area (Å²) >= 11 is 0. The molecule has 0 saturated carbocycles. The Morgan fingerprint density at radius 3 is 2.58 bits per heavy atom. The molecule has 1 aliphatic heterocycles. The molecular formula is C24H31N3O4. The smallest absolute Gasteiger partial charge is 0.407 e. The third-order valence-corrected chi connectivity index (χ3v) is 4.92. The number of carbonyl (C=O) groups is 2. The maximum atomic E-state index is 13.0. The number of carbonyl (C=O) groups excluding carboxylic acids is 2. The number of hydrogen-bond acceptors (Lipinski definition) is 5. The van der Waals surface area contributed by atoms with E-state index in [9.17, 15) is 9.59 Å². The molecule has 166 valence electrons. The highest BCUT2D eigenvalue weighted by Crippen LogP contribution is 2.25. The van der Waals surface area contributed by atoms with Crippen LogP contribution in [0.2, 0.25) is 0 Å². The number of rotatable bonds is 5. The van der Waals surface area contributed by atoms with Crippen molar-refractivity contribution in [3.05, 3.63) is 59.7 Å². The van der Waals surface area contributed by atoms with E-state index in [1.165, 1.54) is 0 Å². The number of nitrogens with zero attached hydrogens (tertiary/aromatic N) is 1. The lowest BCUT2D eigenvalue weighted by Gasteiger charge is -2.33. The van der Waals surface area contributed by atoms with Crippen LogP contribution in [0.15, 0.2) is 48.5 Å². The van der Waals surface area contributed by atoms with Crippen LogP contribution < -0.4 is 15.8 Å². The molecule has 1 aliphatic rings. The van der Waals surface area contributed by atoms with Gasteiger partial charge in [0.15, 0.2) is 0 Å². The highest BCUT2D eigenvalue weighted by atomic mass is 16.6. The normalized spacial score (nSPS) is 16.5. The zero-order valence-electron chi connectivity index (χ0n) is 18.4. The van der Waals surface area contributed by atoms with Crippen molar-refractivity contribution in [3.63, 3.8) is 0 Å². The number of anilines is 1. The van der Waals surface area contributed by atoms with Crippen molar-refractivity contribution in [2.45, 2.75) is 51.9 Å². The Labute approximate surface area is 183 Å². The van der Waals surface area contributed by atoms with Gasteiger partial charge in [0, 0.05) is 24.7 Å². The van der Waals surface area contributed by atoms with E-state index in [-0.39, 0.29) is 11.9 Å². The molecule has 1 heterocycles. The summed E-state index contributed by atoms with van der Waals surface area (Å²) in [6.45, 7) is 6.94. The second kappa shape index (κ2) is 9.73. The number of alkyl carbamates (subject to hydrolysis) is 1. The van der Waals surface area contributed by atoms with Gasteiger partial charge in [0.25, 0.3) is 5.91 Å². The Hall–Kier alpha value is -3.22. The predicted molar refractivity (Wildman–Crippen MR) is 120 cm³/mol. The molecule has 1 atom stereocenters. The Kier molecular flexibility index (Phi) is 7.05. The van der Waals surface area contributed by atoms with Gasteiger partial charge in [0.1, 0.15) is 18.0 Å². The van der Waals surface area contributed by atoms with Gasteiger partial charge in [-0.05, 0) is 57.4 Å². The van der Waals surface area contributed by atoms with Crippen LogP contribution in [0.1, 0.15) is 49.5 Å². The maximum absolute atomic E-state index is 13.0. The van der Waals surface area contributed by atoms with Gasteiger partial charge in [0.05, 0.1) is 5.69 Å². The van der Waals surface area contributed by atoms with Crippen LogP contribution in [0.3, 0.4) is 0 Å². The largest absolute Gasteiger partial charge is 0.487 e. The van der Waals surface area contributed by atoms with Crippen LogP contribution in [0.5, 0.6) is 5.75 Å². The molecule has 0 aliphatic carbocycles. The topological polar surface area (TPSA) is 93.9 Å². The van der Waals surface area contributed by atoms with Gasteiger partial charge in [-0.3, -0.25) is 4.79 Å². The van der Waals surface area contributed by atoms with Crippen molar-refractivity contribution in [1.82, 2.24) is 10.2 Å². The van der Waals surface area contributed by atoms with E-state index in [1.54, 1.807) is 23.1 Å². The number of piperidine rings is 1. The number of benzene rings is 2. The Bertz CT molecular complexity index is 909. The molecule has 1 fully saturated rings. The molecule has 2 amide bonds. The van der Waals surface area contributed by atoms with Crippen LogP contribution in [-0.4, -0.2) is 41.6 Å². The van der Waals surface area contributed by atoms with Gasteiger partial charge in [-0.15, -0.1) is 0 Å². The highest BCUT2D eigenvalue weighted by molar-refractivity contribution is 5.95. The lowest BCUT2D eigenvalue weighted by Crippen LogP contribution is -2.50. The number of ether oxygens (including phenoxy) is 2. The van der Waals surface area contributed by atoms with E-state index in [1.807, 2.05) is 51.1 Å². The maximum Gasteiger partial charge on any atom is 0.407 e. The number of nitrogen functional groups attached to an aromatic ring is 1. The zero-order valence-corrected chi connectivity index (χ0v) is 18.4. The average molecular weight is 426 g/mol. The standard InChI is InChI=1S/C24H31N3O4/c1-24(2,3)31-23(29)26-19-10-7-13-27(15-19)22(28)18-11-12-21(20(25)14-18)30-16-17-8-5-4-6-9-17/h4-6,8-9,11-12,14,19H,7,10,13,15-16,25H2,1-3H3,(H,26,29). The molecule has 3 N–H and O–H groups in total. The minimum atomic E-state index is -0.559. The van der Waals surface area contributed by atoms with Gasteiger partial charge >= 0.3 is 6.09 Å². The number of amides is 2. The van der Waals surface area contributed by atoms with Crippen molar-refractivity contribution in [2.75, 3.05) is 18.8 Å². The van der Waals surface area contributed by atoms with Gasteiger partial charge in [-0.1, -0.05) is 30.3 Å². The first-order valence-corrected chi connectivity index (χ1v) is 10.6. The third-order valence-electron chi connectivity index (χ3n) is 4.92. The fraction of sp³-hybridized carbons (Fsp3) is 0.417. The van der Waals surface area contributed by atoms with Crippen LogP contribution in [0.4, 0.5) is 10.5 Å². The molecule has 0 aromatic heterocycles. The number of nitrogens with one attached hydrogen (secondary N) is 1. The van der Waals surface area contributed by atoms with E-state index < -0.39 is 11.7 Å². The molecule has 0 bridgehead atoms. The van der Waals surface area contributed by atoms with Crippen LogP contribution in [0, 0.1) is 0 Å². The summed E-state index contributed by atoms with van der Waals surface area (Å²) in [6.07, 6.45) is 1.15. The Balaban J connectivity index is 1.58. The molecule has 7 heteroatoms. The predicted octanol–water partition coefficient (Wildman–Crippen LogP) is 3.98. The third kappa shape index (κ3) is 6.64. The molecular weight excluding hydrogens is 394 g/mol. The van der Waals surface area contributed by atoms with Crippen LogP contribution in [-0.2, 0) is 11.3 Å². The van der Waals surface area contributed by atoms with Gasteiger partial charge in [0.2, 0.25) is 0 Å². The van der Waals surface area contributed by atoms with Crippen molar-refractivity contribution in [3.8, 4) is 5.75 Å². The van der Waals surface area contributed by atoms with E-state index >= 15 is 0 Å². The number of hydrogen-bond donors (Lipinski definition) is 2. The van der Waals surface area contributed by atoms with Crippen LogP contribution in [0.25, 0.3) is 0 Å². The summed E-state index contributed by atoms with van der Waals surface area (Å²) in [4.78, 5) is 26.8. The summed E-state index contributed by atoms with van der Waals surface area (Å²) in [7, 11) is 0. The first kappa shape index (κ1) is 22.5. The number of likely N-dealkylation sites (tertiary alicyclic amines) is 1. The Morgan fingerprint density at radius 1 is 1.16 bits per heavy atom. The summed E-state index contributed by atoms with van der Waals surface area (Å²) in [6, 6.07) is 14.8. The zero-order chi connectivity index (χ0) is 22.4. The summed E-state index contributed by atoms with van der Waals surface area (Å²) in [5.74, 6) is 0.431. The molecule has 2 aromatic rings. The fourth-order valence-corrected chi connectivity index (χ4v) is 3.48. The van der Waals surface area contributed by atoms with Crippen molar-refractivity contribution < 1.29 is 19.1 Å². The molecule has 1 unspecified atom stereocenters. The molecule has 1 saturated heterocycles. The first-order valence-electron chi connectivity index (χ1n) is 10.6. The SMILES string of the molecule is CC(C)(C)OC(=O)NC1CCCN(C(=O)c2ccc(OCc3ccccc3)c(N)c2)C1. The highest BCUT2D eigenvalue weighted by Gasteiger charge is 2.27. The molecule has 31 heavy (non-hydrogen) atoms. The molecule has 2 aromatic carbocycles. The van der Waals surface area contributed by atoms with E-state index in [4.69, 9.17) is 15.2 Å². The monoisotopic (exact) mass is 425 g/mol. The van der Waals surface area contributed by atoms with E-state index in [2.05, 4.69) is 5.32 Å². The first-order chi connectivity index (χ1) is 14.7. The van der Waals surface area contributed by atoms with Gasteiger partial charge in [-0.25, -0.2) is 4.79 Å². The van der Waals surface area contributed by atoms with E-state index in [0.29, 0.717) is 36.7 Å². The number of nitrogens with two attached hydrogens (primary N) is 1. The minimum absolute atomic E-state index is 0.114.